The summed E-state index contributed by atoms with van der Waals surface area (Å²) >= 11 is 1.65. The zero-order valence-corrected chi connectivity index (χ0v) is 19.5. The molecular formula is C27H25N3O3S. The Morgan fingerprint density at radius 1 is 0.853 bits per heavy atom. The minimum absolute atomic E-state index is 0.0620. The number of carbonyl (C=O) groups is 2. The lowest BCUT2D eigenvalue weighted by Gasteiger charge is -2.18. The van der Waals surface area contributed by atoms with E-state index in [9.17, 15) is 9.59 Å². The molecule has 4 aromatic rings. The molecule has 3 N–H and O–H groups in total. The molecular weight excluding hydrogens is 446 g/mol. The summed E-state index contributed by atoms with van der Waals surface area (Å²) in [6.07, 6.45) is 0. The molecule has 0 saturated heterocycles. The van der Waals surface area contributed by atoms with Gasteiger partial charge in [-0.05, 0) is 53.4 Å². The number of rotatable bonds is 9. The van der Waals surface area contributed by atoms with Crippen LogP contribution in [0.4, 0.5) is 11.4 Å². The standard InChI is InChI=1S/C27H25N3O3S/c1-33-23-11-6-5-10-22(23)30-27(32)20-13-15-21(16-14-20)29-25(31)18-28-26(24-12-7-17-34-24)19-8-3-2-4-9-19/h2-17,26,28H,18H2,1H3,(H,29,31)(H,30,32)/t26-/m0/s1. The van der Waals surface area contributed by atoms with Crippen LogP contribution in [0.15, 0.2) is 96.4 Å². The van der Waals surface area contributed by atoms with Crippen LogP contribution in [0.2, 0.25) is 0 Å². The van der Waals surface area contributed by atoms with Crippen LogP contribution in [-0.4, -0.2) is 25.5 Å². The van der Waals surface area contributed by atoms with Crippen LogP contribution in [-0.2, 0) is 4.79 Å². The molecule has 0 aliphatic rings. The normalized spacial score (nSPS) is 11.4. The third-order valence-electron chi connectivity index (χ3n) is 5.21. The van der Waals surface area contributed by atoms with Gasteiger partial charge in [0.1, 0.15) is 5.75 Å². The van der Waals surface area contributed by atoms with E-state index in [4.69, 9.17) is 4.74 Å². The van der Waals surface area contributed by atoms with Gasteiger partial charge in [0.15, 0.2) is 0 Å². The fourth-order valence-corrected chi connectivity index (χ4v) is 4.36. The van der Waals surface area contributed by atoms with Crippen LogP contribution in [0, 0.1) is 0 Å². The number of methoxy groups -OCH3 is 1. The number of hydrogen-bond acceptors (Lipinski definition) is 5. The van der Waals surface area contributed by atoms with Gasteiger partial charge >= 0.3 is 0 Å². The summed E-state index contributed by atoms with van der Waals surface area (Å²) in [6, 6.07) is 28.0. The minimum atomic E-state index is -0.259. The Bertz CT molecular complexity index is 1230. The van der Waals surface area contributed by atoms with Crippen molar-refractivity contribution in [1.82, 2.24) is 5.32 Å². The minimum Gasteiger partial charge on any atom is -0.495 e. The molecule has 1 aromatic heterocycles. The average Bonchev–Trinajstić information content (AvgIpc) is 3.40. The van der Waals surface area contributed by atoms with Crippen molar-refractivity contribution in [3.05, 3.63) is 112 Å². The van der Waals surface area contributed by atoms with Crippen molar-refractivity contribution >= 4 is 34.5 Å². The maximum Gasteiger partial charge on any atom is 0.255 e. The number of thiophene rings is 1. The Kier molecular flexibility index (Phi) is 7.70. The third-order valence-corrected chi connectivity index (χ3v) is 6.15. The van der Waals surface area contributed by atoms with Crippen molar-refractivity contribution in [2.75, 3.05) is 24.3 Å². The molecule has 1 atom stereocenters. The summed E-state index contributed by atoms with van der Waals surface area (Å²) < 4.78 is 5.27. The number of nitrogens with one attached hydrogen (secondary N) is 3. The molecule has 6 nitrogen and oxygen atoms in total. The molecule has 0 aliphatic carbocycles. The van der Waals surface area contributed by atoms with E-state index >= 15 is 0 Å². The molecule has 0 aliphatic heterocycles. The van der Waals surface area contributed by atoms with E-state index in [0.717, 1.165) is 10.4 Å². The summed E-state index contributed by atoms with van der Waals surface area (Å²) in [5.74, 6) is 0.165. The van der Waals surface area contributed by atoms with Crippen molar-refractivity contribution in [1.29, 1.82) is 0 Å². The van der Waals surface area contributed by atoms with Crippen LogP contribution in [0.5, 0.6) is 5.75 Å². The second kappa shape index (κ2) is 11.3. The fraction of sp³-hybridized carbons (Fsp3) is 0.111. The first-order valence-electron chi connectivity index (χ1n) is 10.8. The van der Waals surface area contributed by atoms with E-state index in [2.05, 4.69) is 22.0 Å². The maximum absolute atomic E-state index is 12.6. The highest BCUT2D eigenvalue weighted by Crippen LogP contribution is 2.26. The van der Waals surface area contributed by atoms with Gasteiger partial charge in [0.05, 0.1) is 25.4 Å². The van der Waals surface area contributed by atoms with Crippen molar-refractivity contribution < 1.29 is 14.3 Å². The third kappa shape index (κ3) is 5.89. The topological polar surface area (TPSA) is 79.5 Å². The average molecular weight is 472 g/mol. The van der Waals surface area contributed by atoms with Gasteiger partial charge in [-0.15, -0.1) is 11.3 Å². The van der Waals surface area contributed by atoms with E-state index in [-0.39, 0.29) is 24.4 Å². The Balaban J connectivity index is 1.35. The van der Waals surface area contributed by atoms with Crippen LogP contribution in [0.1, 0.15) is 26.8 Å². The monoisotopic (exact) mass is 471 g/mol. The number of para-hydroxylation sites is 2. The molecule has 7 heteroatoms. The molecule has 0 bridgehead atoms. The summed E-state index contributed by atoms with van der Waals surface area (Å²) in [6.45, 7) is 0.146. The van der Waals surface area contributed by atoms with Gasteiger partial charge in [-0.25, -0.2) is 0 Å². The Morgan fingerprint density at radius 3 is 2.29 bits per heavy atom. The molecule has 3 aromatic carbocycles. The molecule has 0 radical (unpaired) electrons. The fourth-order valence-electron chi connectivity index (χ4n) is 3.53. The largest absolute Gasteiger partial charge is 0.495 e. The van der Waals surface area contributed by atoms with Crippen LogP contribution in [0.3, 0.4) is 0 Å². The van der Waals surface area contributed by atoms with Gasteiger partial charge < -0.3 is 15.4 Å². The molecule has 4 rings (SSSR count). The first-order valence-corrected chi connectivity index (χ1v) is 11.7. The molecule has 0 fully saturated rings. The molecule has 0 spiro atoms. The van der Waals surface area contributed by atoms with E-state index < -0.39 is 0 Å². The predicted molar refractivity (Wildman–Crippen MR) is 137 cm³/mol. The maximum atomic E-state index is 12.6. The Labute approximate surface area is 202 Å². The van der Waals surface area contributed by atoms with Gasteiger partial charge in [0.25, 0.3) is 5.91 Å². The highest BCUT2D eigenvalue weighted by atomic mass is 32.1. The molecule has 1 heterocycles. The molecule has 172 valence electrons. The Morgan fingerprint density at radius 2 is 1.59 bits per heavy atom. The zero-order valence-electron chi connectivity index (χ0n) is 18.7. The summed E-state index contributed by atoms with van der Waals surface area (Å²) in [4.78, 5) is 26.3. The number of hydrogen-bond donors (Lipinski definition) is 3. The van der Waals surface area contributed by atoms with Gasteiger partial charge in [-0.1, -0.05) is 48.5 Å². The highest BCUT2D eigenvalue weighted by Gasteiger charge is 2.16. The Hall–Kier alpha value is -3.94. The summed E-state index contributed by atoms with van der Waals surface area (Å²) in [5, 5.41) is 11.1. The van der Waals surface area contributed by atoms with Crippen molar-refractivity contribution in [3.8, 4) is 5.75 Å². The number of ether oxygens (including phenoxy) is 1. The van der Waals surface area contributed by atoms with E-state index in [1.807, 2.05) is 53.9 Å². The van der Waals surface area contributed by atoms with Crippen molar-refractivity contribution in [3.63, 3.8) is 0 Å². The molecule has 2 amide bonds. The molecule has 34 heavy (non-hydrogen) atoms. The SMILES string of the molecule is COc1ccccc1NC(=O)c1ccc(NC(=O)CN[C@@H](c2ccccc2)c2cccs2)cc1. The van der Waals surface area contributed by atoms with Crippen molar-refractivity contribution in [2.24, 2.45) is 0 Å². The van der Waals surface area contributed by atoms with Crippen LogP contribution >= 0.6 is 11.3 Å². The van der Waals surface area contributed by atoms with Gasteiger partial charge in [0, 0.05) is 16.1 Å². The smallest absolute Gasteiger partial charge is 0.255 e. The second-order valence-electron chi connectivity index (χ2n) is 7.52. The lowest BCUT2D eigenvalue weighted by atomic mass is 10.1. The van der Waals surface area contributed by atoms with Gasteiger partial charge in [-0.2, -0.15) is 0 Å². The number of benzene rings is 3. The summed E-state index contributed by atoms with van der Waals surface area (Å²) in [5.41, 5.74) is 2.79. The first kappa shape index (κ1) is 23.2. The van der Waals surface area contributed by atoms with Crippen LogP contribution in [0.25, 0.3) is 0 Å². The number of carbonyl (C=O) groups excluding carboxylic acids is 2. The second-order valence-corrected chi connectivity index (χ2v) is 8.50. The number of anilines is 2. The van der Waals surface area contributed by atoms with Crippen LogP contribution < -0.4 is 20.7 Å². The van der Waals surface area contributed by atoms with E-state index in [0.29, 0.717) is 22.7 Å². The molecule has 0 unspecified atom stereocenters. The van der Waals surface area contributed by atoms with Gasteiger partial charge in [0.2, 0.25) is 5.91 Å². The first-order chi connectivity index (χ1) is 16.6. The molecule has 0 saturated carbocycles. The summed E-state index contributed by atoms with van der Waals surface area (Å²) in [7, 11) is 1.56. The lowest BCUT2D eigenvalue weighted by molar-refractivity contribution is -0.115. The highest BCUT2D eigenvalue weighted by molar-refractivity contribution is 7.10. The predicted octanol–water partition coefficient (Wildman–Crippen LogP) is 5.33. The van der Waals surface area contributed by atoms with E-state index in [1.54, 1.807) is 54.8 Å². The zero-order chi connectivity index (χ0) is 23.8. The van der Waals surface area contributed by atoms with E-state index in [1.165, 1.54) is 0 Å². The number of amides is 2. The van der Waals surface area contributed by atoms with Crippen molar-refractivity contribution in [2.45, 2.75) is 6.04 Å². The van der Waals surface area contributed by atoms with Gasteiger partial charge in [-0.3, -0.25) is 14.9 Å². The quantitative estimate of drug-likeness (QED) is 0.308. The lowest BCUT2D eigenvalue weighted by Crippen LogP contribution is -2.31.